The van der Waals surface area contributed by atoms with Gasteiger partial charge in [0.05, 0.1) is 10.0 Å². The zero-order chi connectivity index (χ0) is 16.1. The van der Waals surface area contributed by atoms with Gasteiger partial charge < -0.3 is 5.73 Å². The summed E-state index contributed by atoms with van der Waals surface area (Å²) in [5, 5.41) is 8.37. The van der Waals surface area contributed by atoms with Crippen molar-refractivity contribution in [1.82, 2.24) is 15.2 Å². The number of nitrogens with zero attached hydrogens (tertiary/aromatic N) is 2. The first-order valence-electron chi connectivity index (χ1n) is 7.77. The minimum Gasteiger partial charge on any atom is -0.328 e. The van der Waals surface area contributed by atoms with Crippen molar-refractivity contribution in [2.75, 3.05) is 0 Å². The van der Waals surface area contributed by atoms with E-state index >= 15 is 0 Å². The van der Waals surface area contributed by atoms with E-state index in [0.717, 1.165) is 37.1 Å². The maximum absolute atomic E-state index is 6.02. The minimum atomic E-state index is 0.337. The number of nitrogens with two attached hydrogens (primary N) is 1. The predicted molar refractivity (Wildman–Crippen MR) is 92.4 cm³/mol. The zero-order valence-electron chi connectivity index (χ0n) is 12.9. The quantitative estimate of drug-likeness (QED) is 0.825. The van der Waals surface area contributed by atoms with E-state index in [-0.39, 0.29) is 0 Å². The Morgan fingerprint density at radius 2 is 1.77 bits per heavy atom. The summed E-state index contributed by atoms with van der Waals surface area (Å²) >= 11 is 11.9. The van der Waals surface area contributed by atoms with Crippen LogP contribution in [0.5, 0.6) is 0 Å². The van der Waals surface area contributed by atoms with Gasteiger partial charge >= 0.3 is 0 Å². The van der Waals surface area contributed by atoms with Gasteiger partial charge in [0.1, 0.15) is 5.82 Å². The lowest BCUT2D eigenvalue weighted by molar-refractivity contribution is 0.385. The van der Waals surface area contributed by atoms with E-state index in [1.54, 1.807) is 12.1 Å². The molecule has 1 heterocycles. The SMILES string of the molecule is CC.NC1CCC(c2nc(-c3ccc(Cl)c(Cl)c3)n[nH]2)CC1. The van der Waals surface area contributed by atoms with Crippen molar-refractivity contribution in [3.63, 3.8) is 0 Å². The van der Waals surface area contributed by atoms with Gasteiger partial charge in [-0.25, -0.2) is 4.98 Å². The highest BCUT2D eigenvalue weighted by atomic mass is 35.5. The van der Waals surface area contributed by atoms with Crippen LogP contribution in [0.1, 0.15) is 51.3 Å². The Balaban J connectivity index is 0.000000847. The van der Waals surface area contributed by atoms with Crippen molar-refractivity contribution in [3.8, 4) is 11.4 Å². The third-order valence-corrected chi connectivity index (χ3v) is 4.58. The first-order valence-corrected chi connectivity index (χ1v) is 8.52. The third kappa shape index (κ3) is 4.00. The molecule has 1 aliphatic rings. The molecular formula is C16H22Cl2N4. The molecule has 120 valence electrons. The van der Waals surface area contributed by atoms with Gasteiger partial charge in [-0.05, 0) is 43.9 Å². The first-order chi connectivity index (χ1) is 10.6. The van der Waals surface area contributed by atoms with Crippen LogP contribution in [0.25, 0.3) is 11.4 Å². The van der Waals surface area contributed by atoms with Crippen molar-refractivity contribution in [1.29, 1.82) is 0 Å². The molecule has 0 saturated heterocycles. The number of aromatic amines is 1. The number of H-pyrrole nitrogens is 1. The lowest BCUT2D eigenvalue weighted by atomic mass is 9.86. The van der Waals surface area contributed by atoms with Crippen LogP contribution < -0.4 is 5.73 Å². The molecule has 0 unspecified atom stereocenters. The second kappa shape index (κ2) is 7.95. The Kier molecular flexibility index (Phi) is 6.24. The smallest absolute Gasteiger partial charge is 0.181 e. The highest BCUT2D eigenvalue weighted by Gasteiger charge is 2.23. The summed E-state index contributed by atoms with van der Waals surface area (Å²) in [4.78, 5) is 4.59. The molecule has 1 aromatic carbocycles. The van der Waals surface area contributed by atoms with E-state index in [9.17, 15) is 0 Å². The molecule has 0 radical (unpaired) electrons. The van der Waals surface area contributed by atoms with E-state index in [0.29, 0.717) is 27.8 Å². The van der Waals surface area contributed by atoms with Crippen molar-refractivity contribution in [2.24, 2.45) is 5.73 Å². The minimum absolute atomic E-state index is 0.337. The molecule has 6 heteroatoms. The molecule has 2 aromatic rings. The summed E-state index contributed by atoms with van der Waals surface area (Å²) < 4.78 is 0. The molecule has 0 spiro atoms. The number of nitrogens with one attached hydrogen (secondary N) is 1. The summed E-state index contributed by atoms with van der Waals surface area (Å²) in [6.45, 7) is 4.00. The molecule has 3 N–H and O–H groups in total. The van der Waals surface area contributed by atoms with Gasteiger partial charge in [0.15, 0.2) is 5.82 Å². The highest BCUT2D eigenvalue weighted by Crippen LogP contribution is 2.32. The molecular weight excluding hydrogens is 319 g/mol. The van der Waals surface area contributed by atoms with Gasteiger partial charge in [-0.1, -0.05) is 37.0 Å². The molecule has 0 aliphatic heterocycles. The van der Waals surface area contributed by atoms with Crippen LogP contribution in [-0.4, -0.2) is 21.2 Å². The van der Waals surface area contributed by atoms with E-state index in [2.05, 4.69) is 15.2 Å². The fourth-order valence-electron chi connectivity index (χ4n) is 2.61. The number of halogens is 2. The van der Waals surface area contributed by atoms with Gasteiger partial charge in [0.25, 0.3) is 0 Å². The molecule has 0 atom stereocenters. The number of benzene rings is 1. The molecule has 22 heavy (non-hydrogen) atoms. The lowest BCUT2D eigenvalue weighted by Crippen LogP contribution is -2.26. The molecule has 1 fully saturated rings. The summed E-state index contributed by atoms with van der Waals surface area (Å²) in [6.07, 6.45) is 4.23. The number of rotatable bonds is 2. The van der Waals surface area contributed by atoms with Gasteiger partial charge in [-0.15, -0.1) is 0 Å². The summed E-state index contributed by atoms with van der Waals surface area (Å²) in [6, 6.07) is 5.75. The van der Waals surface area contributed by atoms with Crippen LogP contribution in [0.4, 0.5) is 0 Å². The number of hydrogen-bond donors (Lipinski definition) is 2. The topological polar surface area (TPSA) is 67.6 Å². The van der Waals surface area contributed by atoms with Crippen molar-refractivity contribution < 1.29 is 0 Å². The largest absolute Gasteiger partial charge is 0.328 e. The summed E-state index contributed by atoms with van der Waals surface area (Å²) in [7, 11) is 0. The normalized spacial score (nSPS) is 21.1. The van der Waals surface area contributed by atoms with E-state index in [4.69, 9.17) is 28.9 Å². The standard InChI is InChI=1S/C14H16Cl2N4.C2H6/c15-11-6-3-9(7-12(11)16)14-18-13(19-20-14)8-1-4-10(17)5-2-8;1-2/h3,6-8,10H,1-2,4-5,17H2,(H,18,19,20);1-2H3. The van der Waals surface area contributed by atoms with Crippen LogP contribution in [-0.2, 0) is 0 Å². The molecule has 3 rings (SSSR count). The van der Waals surface area contributed by atoms with Gasteiger partial charge in [-0.3, -0.25) is 5.10 Å². The first kappa shape index (κ1) is 17.3. The van der Waals surface area contributed by atoms with Gasteiger partial charge in [0, 0.05) is 17.5 Å². The Labute approximate surface area is 141 Å². The Hall–Kier alpha value is -1.10. The highest BCUT2D eigenvalue weighted by molar-refractivity contribution is 6.42. The fourth-order valence-corrected chi connectivity index (χ4v) is 2.91. The molecule has 0 amide bonds. The van der Waals surface area contributed by atoms with Crippen LogP contribution in [0.15, 0.2) is 18.2 Å². The Morgan fingerprint density at radius 1 is 1.09 bits per heavy atom. The Bertz CT molecular complexity index is 604. The van der Waals surface area contributed by atoms with Gasteiger partial charge in [0.2, 0.25) is 0 Å². The van der Waals surface area contributed by atoms with Crippen molar-refractivity contribution in [3.05, 3.63) is 34.1 Å². The maximum atomic E-state index is 6.02. The molecule has 4 nitrogen and oxygen atoms in total. The lowest BCUT2D eigenvalue weighted by Gasteiger charge is -2.23. The molecule has 1 aromatic heterocycles. The van der Waals surface area contributed by atoms with Crippen molar-refractivity contribution >= 4 is 23.2 Å². The Morgan fingerprint density at radius 3 is 2.41 bits per heavy atom. The van der Waals surface area contributed by atoms with Crippen LogP contribution >= 0.6 is 23.2 Å². The molecule has 0 bridgehead atoms. The van der Waals surface area contributed by atoms with Crippen molar-refractivity contribution in [2.45, 2.75) is 51.5 Å². The molecule has 1 saturated carbocycles. The third-order valence-electron chi connectivity index (χ3n) is 3.84. The predicted octanol–water partition coefficient (Wildman–Crippen LogP) is 4.79. The average molecular weight is 341 g/mol. The van der Waals surface area contributed by atoms with Crippen LogP contribution in [0, 0.1) is 0 Å². The van der Waals surface area contributed by atoms with Gasteiger partial charge in [-0.2, -0.15) is 5.10 Å². The van der Waals surface area contributed by atoms with E-state index in [1.165, 1.54) is 0 Å². The van der Waals surface area contributed by atoms with E-state index in [1.807, 2.05) is 19.9 Å². The number of aromatic nitrogens is 3. The summed E-state index contributed by atoms with van der Waals surface area (Å²) in [5.41, 5.74) is 6.80. The maximum Gasteiger partial charge on any atom is 0.181 e. The van der Waals surface area contributed by atoms with Crippen LogP contribution in [0.3, 0.4) is 0 Å². The average Bonchev–Trinajstić information content (AvgIpc) is 3.03. The number of hydrogen-bond acceptors (Lipinski definition) is 3. The second-order valence-corrected chi connectivity index (χ2v) is 6.10. The second-order valence-electron chi connectivity index (χ2n) is 5.28. The fraction of sp³-hybridized carbons (Fsp3) is 0.500. The van der Waals surface area contributed by atoms with E-state index < -0.39 is 0 Å². The summed E-state index contributed by atoms with van der Waals surface area (Å²) in [5.74, 6) is 2.03. The van der Waals surface area contributed by atoms with Crippen LogP contribution in [0.2, 0.25) is 10.0 Å². The monoisotopic (exact) mass is 340 g/mol. The zero-order valence-corrected chi connectivity index (χ0v) is 14.5. The molecule has 1 aliphatic carbocycles.